The Balaban J connectivity index is 2.88. The van der Waals surface area contributed by atoms with Gasteiger partial charge in [-0.05, 0) is 37.6 Å². The number of nitrogens with zero attached hydrogens (tertiary/aromatic N) is 1. The van der Waals surface area contributed by atoms with Crippen LogP contribution in [0.2, 0.25) is 0 Å². The standard InChI is InChI=1S/C12H22N2/c1-9(2)11-6-5-10(3)7-12(11,8-13)14-4/h9-11,14H,5-7H2,1-4H3. The zero-order valence-corrected chi connectivity index (χ0v) is 9.80. The number of hydrogen-bond donors (Lipinski definition) is 1. The van der Waals surface area contributed by atoms with Gasteiger partial charge in [0.25, 0.3) is 0 Å². The van der Waals surface area contributed by atoms with Gasteiger partial charge in [0.15, 0.2) is 0 Å². The summed E-state index contributed by atoms with van der Waals surface area (Å²) < 4.78 is 0. The molecular formula is C12H22N2. The molecule has 3 unspecified atom stereocenters. The summed E-state index contributed by atoms with van der Waals surface area (Å²) in [4.78, 5) is 0. The maximum absolute atomic E-state index is 9.37. The first kappa shape index (κ1) is 11.5. The Labute approximate surface area is 87.7 Å². The van der Waals surface area contributed by atoms with Crippen LogP contribution in [-0.4, -0.2) is 12.6 Å². The second-order valence-corrected chi connectivity index (χ2v) is 5.07. The van der Waals surface area contributed by atoms with Crippen molar-refractivity contribution in [2.24, 2.45) is 17.8 Å². The zero-order valence-electron chi connectivity index (χ0n) is 9.80. The molecule has 14 heavy (non-hydrogen) atoms. The van der Waals surface area contributed by atoms with E-state index >= 15 is 0 Å². The van der Waals surface area contributed by atoms with Gasteiger partial charge in [-0.2, -0.15) is 5.26 Å². The lowest BCUT2D eigenvalue weighted by Gasteiger charge is -2.43. The molecule has 1 rings (SSSR count). The molecule has 3 atom stereocenters. The van der Waals surface area contributed by atoms with Crippen LogP contribution in [0.25, 0.3) is 0 Å². The molecule has 0 spiro atoms. The Morgan fingerprint density at radius 1 is 1.43 bits per heavy atom. The molecule has 1 aliphatic carbocycles. The number of nitrogens with one attached hydrogen (secondary N) is 1. The summed E-state index contributed by atoms with van der Waals surface area (Å²) in [7, 11) is 1.93. The predicted octanol–water partition coefficient (Wildman–Crippen LogP) is 2.56. The zero-order chi connectivity index (χ0) is 10.8. The molecule has 0 aromatic rings. The van der Waals surface area contributed by atoms with Gasteiger partial charge in [-0.1, -0.05) is 27.2 Å². The van der Waals surface area contributed by atoms with Crippen molar-refractivity contribution >= 4 is 0 Å². The lowest BCUT2D eigenvalue weighted by atomic mass is 9.65. The Morgan fingerprint density at radius 3 is 2.50 bits per heavy atom. The van der Waals surface area contributed by atoms with Gasteiger partial charge in [0.1, 0.15) is 5.54 Å². The van der Waals surface area contributed by atoms with Crippen LogP contribution in [0.3, 0.4) is 0 Å². The highest BCUT2D eigenvalue weighted by Gasteiger charge is 2.43. The lowest BCUT2D eigenvalue weighted by molar-refractivity contribution is 0.126. The third kappa shape index (κ3) is 1.93. The van der Waals surface area contributed by atoms with Crippen molar-refractivity contribution < 1.29 is 0 Å². The van der Waals surface area contributed by atoms with Crippen molar-refractivity contribution in [2.45, 2.75) is 45.6 Å². The van der Waals surface area contributed by atoms with E-state index in [2.05, 4.69) is 32.2 Å². The summed E-state index contributed by atoms with van der Waals surface area (Å²) in [6.45, 7) is 6.70. The van der Waals surface area contributed by atoms with Gasteiger partial charge in [0.05, 0.1) is 6.07 Å². The SMILES string of the molecule is CNC1(C#N)CC(C)CCC1C(C)C. The molecule has 0 radical (unpaired) electrons. The number of nitriles is 1. The first-order valence-corrected chi connectivity index (χ1v) is 5.66. The first-order valence-electron chi connectivity index (χ1n) is 5.66. The molecule has 80 valence electrons. The monoisotopic (exact) mass is 194 g/mol. The molecule has 1 aliphatic rings. The van der Waals surface area contributed by atoms with E-state index in [-0.39, 0.29) is 5.54 Å². The molecule has 0 bridgehead atoms. The highest BCUT2D eigenvalue weighted by Crippen LogP contribution is 2.40. The van der Waals surface area contributed by atoms with E-state index in [0.717, 1.165) is 6.42 Å². The maximum atomic E-state index is 9.37. The topological polar surface area (TPSA) is 35.8 Å². The molecule has 0 aromatic carbocycles. The highest BCUT2D eigenvalue weighted by atomic mass is 15.0. The summed E-state index contributed by atoms with van der Waals surface area (Å²) in [5.41, 5.74) is -0.272. The second kappa shape index (κ2) is 4.31. The van der Waals surface area contributed by atoms with E-state index in [1.54, 1.807) is 0 Å². The second-order valence-electron chi connectivity index (χ2n) is 5.07. The molecule has 0 saturated heterocycles. The normalized spacial score (nSPS) is 38.3. The summed E-state index contributed by atoms with van der Waals surface area (Å²) in [5.74, 6) is 1.78. The molecule has 0 aliphatic heterocycles. The average molecular weight is 194 g/mol. The van der Waals surface area contributed by atoms with E-state index in [1.165, 1.54) is 12.8 Å². The fourth-order valence-electron chi connectivity index (χ4n) is 2.89. The Hall–Kier alpha value is -0.550. The Bertz CT molecular complexity index is 229. The predicted molar refractivity (Wildman–Crippen MR) is 58.7 cm³/mol. The third-order valence-corrected chi connectivity index (χ3v) is 3.72. The van der Waals surface area contributed by atoms with Crippen molar-refractivity contribution in [3.63, 3.8) is 0 Å². The largest absolute Gasteiger partial charge is 0.302 e. The fraction of sp³-hybridized carbons (Fsp3) is 0.917. The molecule has 2 heteroatoms. The minimum Gasteiger partial charge on any atom is -0.302 e. The Kier molecular flexibility index (Phi) is 3.55. The van der Waals surface area contributed by atoms with E-state index in [1.807, 2.05) is 7.05 Å². The summed E-state index contributed by atoms with van der Waals surface area (Å²) in [5, 5.41) is 12.6. The lowest BCUT2D eigenvalue weighted by Crippen LogP contribution is -2.53. The van der Waals surface area contributed by atoms with Gasteiger partial charge in [-0.25, -0.2) is 0 Å². The van der Waals surface area contributed by atoms with Crippen molar-refractivity contribution in [2.75, 3.05) is 7.05 Å². The van der Waals surface area contributed by atoms with E-state index in [0.29, 0.717) is 17.8 Å². The van der Waals surface area contributed by atoms with Crippen molar-refractivity contribution in [3.8, 4) is 6.07 Å². The quantitative estimate of drug-likeness (QED) is 0.733. The molecule has 0 heterocycles. The van der Waals surface area contributed by atoms with Crippen LogP contribution in [0.15, 0.2) is 0 Å². The van der Waals surface area contributed by atoms with Crippen LogP contribution in [0.1, 0.15) is 40.0 Å². The van der Waals surface area contributed by atoms with Crippen LogP contribution >= 0.6 is 0 Å². The molecule has 0 amide bonds. The van der Waals surface area contributed by atoms with Gasteiger partial charge >= 0.3 is 0 Å². The molecular weight excluding hydrogens is 172 g/mol. The van der Waals surface area contributed by atoms with Gasteiger partial charge in [0.2, 0.25) is 0 Å². The summed E-state index contributed by atoms with van der Waals surface area (Å²) >= 11 is 0. The summed E-state index contributed by atoms with van der Waals surface area (Å²) in [6.07, 6.45) is 3.46. The third-order valence-electron chi connectivity index (χ3n) is 3.72. The highest BCUT2D eigenvalue weighted by molar-refractivity contribution is 5.13. The molecule has 1 N–H and O–H groups in total. The van der Waals surface area contributed by atoms with E-state index < -0.39 is 0 Å². The van der Waals surface area contributed by atoms with Gasteiger partial charge < -0.3 is 5.32 Å². The van der Waals surface area contributed by atoms with Crippen LogP contribution in [0, 0.1) is 29.1 Å². The van der Waals surface area contributed by atoms with Crippen LogP contribution < -0.4 is 5.32 Å². The first-order chi connectivity index (χ1) is 6.55. The van der Waals surface area contributed by atoms with E-state index in [4.69, 9.17) is 0 Å². The number of hydrogen-bond acceptors (Lipinski definition) is 2. The molecule has 1 saturated carbocycles. The van der Waals surface area contributed by atoms with Crippen LogP contribution in [0.5, 0.6) is 0 Å². The van der Waals surface area contributed by atoms with Crippen molar-refractivity contribution in [1.82, 2.24) is 5.32 Å². The summed E-state index contributed by atoms with van der Waals surface area (Å²) in [6, 6.07) is 2.52. The van der Waals surface area contributed by atoms with Gasteiger partial charge in [0, 0.05) is 0 Å². The smallest absolute Gasteiger partial charge is 0.109 e. The van der Waals surface area contributed by atoms with Crippen LogP contribution in [0.4, 0.5) is 0 Å². The molecule has 1 fully saturated rings. The molecule has 2 nitrogen and oxygen atoms in total. The Morgan fingerprint density at radius 2 is 2.07 bits per heavy atom. The maximum Gasteiger partial charge on any atom is 0.109 e. The van der Waals surface area contributed by atoms with Gasteiger partial charge in [-0.3, -0.25) is 0 Å². The average Bonchev–Trinajstić information content (AvgIpc) is 2.16. The van der Waals surface area contributed by atoms with E-state index in [9.17, 15) is 5.26 Å². The minimum atomic E-state index is -0.272. The molecule has 0 aromatic heterocycles. The van der Waals surface area contributed by atoms with Crippen LogP contribution in [-0.2, 0) is 0 Å². The minimum absolute atomic E-state index is 0.272. The fourth-order valence-corrected chi connectivity index (χ4v) is 2.89. The van der Waals surface area contributed by atoms with Crippen molar-refractivity contribution in [3.05, 3.63) is 0 Å². The number of rotatable bonds is 2. The van der Waals surface area contributed by atoms with Crippen molar-refractivity contribution in [1.29, 1.82) is 5.26 Å². The van der Waals surface area contributed by atoms with Gasteiger partial charge in [-0.15, -0.1) is 0 Å².